The smallest absolute Gasteiger partial charge is 0.123 e. The predicted octanol–water partition coefficient (Wildman–Crippen LogP) is 4.03. The number of benzene rings is 1. The molecule has 5 rings (SSSR count). The summed E-state index contributed by atoms with van der Waals surface area (Å²) in [6.07, 6.45) is 3.57. The van der Waals surface area contributed by atoms with E-state index in [1.165, 1.54) is 12.1 Å². The molecule has 1 aliphatic rings. The lowest BCUT2D eigenvalue weighted by Crippen LogP contribution is -2.36. The van der Waals surface area contributed by atoms with E-state index >= 15 is 0 Å². The van der Waals surface area contributed by atoms with Crippen LogP contribution >= 0.6 is 0 Å². The minimum Gasteiger partial charge on any atom is -0.379 e. The monoisotopic (exact) mass is 388 g/mol. The Balaban J connectivity index is 1.68. The predicted molar refractivity (Wildman–Crippen MR) is 110 cm³/mol. The molecule has 1 saturated heterocycles. The number of morpholine rings is 1. The number of hydrogen-bond acceptors (Lipinski definition) is 4. The fraction of sp³-hybridized carbons (Fsp3) is 0.217. The highest BCUT2D eigenvalue weighted by atomic mass is 19.1. The van der Waals surface area contributed by atoms with Crippen LogP contribution in [0.3, 0.4) is 0 Å². The Labute approximate surface area is 168 Å². The van der Waals surface area contributed by atoms with Gasteiger partial charge in [-0.3, -0.25) is 9.88 Å². The third-order valence-electron chi connectivity index (χ3n) is 5.31. The molecule has 0 atom stereocenters. The molecule has 0 radical (unpaired) electrons. The molecule has 0 bridgehead atoms. The first kappa shape index (κ1) is 18.0. The van der Waals surface area contributed by atoms with Gasteiger partial charge < -0.3 is 4.74 Å². The zero-order valence-corrected chi connectivity index (χ0v) is 16.0. The van der Waals surface area contributed by atoms with E-state index in [0.29, 0.717) is 0 Å². The molecular formula is C23H21FN4O. The molecule has 1 aromatic carbocycles. The van der Waals surface area contributed by atoms with Crippen molar-refractivity contribution in [2.75, 3.05) is 26.3 Å². The van der Waals surface area contributed by atoms with E-state index in [1.54, 1.807) is 24.5 Å². The molecule has 1 aliphatic heterocycles. The van der Waals surface area contributed by atoms with Crippen molar-refractivity contribution in [3.05, 3.63) is 78.5 Å². The minimum absolute atomic E-state index is 0.254. The molecule has 6 heteroatoms. The van der Waals surface area contributed by atoms with Crippen molar-refractivity contribution in [2.24, 2.45) is 0 Å². The molecule has 29 heavy (non-hydrogen) atoms. The van der Waals surface area contributed by atoms with Crippen LogP contribution in [0.2, 0.25) is 0 Å². The third-order valence-corrected chi connectivity index (χ3v) is 5.31. The summed E-state index contributed by atoms with van der Waals surface area (Å²) in [5.41, 5.74) is 5.94. The standard InChI is InChI=1S/C23H21FN4O/c24-19-6-4-18(5-7-19)23-22(17-8-10-25-11-9-17)21-3-1-2-20(28(21)26-23)16-27-12-14-29-15-13-27/h1-11H,12-16H2. The fourth-order valence-electron chi connectivity index (χ4n) is 3.85. The van der Waals surface area contributed by atoms with Gasteiger partial charge in [0.2, 0.25) is 0 Å². The highest BCUT2D eigenvalue weighted by Gasteiger charge is 2.19. The molecule has 4 heterocycles. The van der Waals surface area contributed by atoms with Crippen LogP contribution < -0.4 is 0 Å². The molecule has 1 fully saturated rings. The first-order valence-corrected chi connectivity index (χ1v) is 9.77. The number of pyridine rings is 2. The van der Waals surface area contributed by atoms with Crippen molar-refractivity contribution >= 4 is 5.52 Å². The van der Waals surface area contributed by atoms with Gasteiger partial charge in [0.1, 0.15) is 11.5 Å². The van der Waals surface area contributed by atoms with Crippen LogP contribution in [0.25, 0.3) is 27.9 Å². The quantitative estimate of drug-likeness (QED) is 0.529. The maximum absolute atomic E-state index is 13.5. The van der Waals surface area contributed by atoms with Crippen molar-refractivity contribution in [3.8, 4) is 22.4 Å². The summed E-state index contributed by atoms with van der Waals surface area (Å²) < 4.78 is 21.0. The van der Waals surface area contributed by atoms with Gasteiger partial charge in [0.05, 0.1) is 24.4 Å². The van der Waals surface area contributed by atoms with Crippen LogP contribution in [0.4, 0.5) is 4.39 Å². The summed E-state index contributed by atoms with van der Waals surface area (Å²) >= 11 is 0. The summed E-state index contributed by atoms with van der Waals surface area (Å²) in [4.78, 5) is 6.53. The van der Waals surface area contributed by atoms with Gasteiger partial charge in [-0.05, 0) is 54.1 Å². The summed E-state index contributed by atoms with van der Waals surface area (Å²) in [5, 5.41) is 4.97. The molecule has 0 spiro atoms. The van der Waals surface area contributed by atoms with E-state index in [9.17, 15) is 4.39 Å². The van der Waals surface area contributed by atoms with Crippen molar-refractivity contribution in [2.45, 2.75) is 6.54 Å². The average Bonchev–Trinajstić information content (AvgIpc) is 3.16. The molecule has 0 aliphatic carbocycles. The van der Waals surface area contributed by atoms with Gasteiger partial charge in [-0.15, -0.1) is 0 Å². The summed E-state index contributed by atoms with van der Waals surface area (Å²) in [6, 6.07) is 16.8. The zero-order chi connectivity index (χ0) is 19.6. The number of nitrogens with zero attached hydrogens (tertiary/aromatic N) is 4. The van der Waals surface area contributed by atoms with Crippen molar-refractivity contribution in [1.82, 2.24) is 19.5 Å². The van der Waals surface area contributed by atoms with Gasteiger partial charge in [0.15, 0.2) is 0 Å². The Bertz CT molecular complexity index is 1120. The Hall–Kier alpha value is -3.09. The molecule has 0 unspecified atom stereocenters. The summed E-state index contributed by atoms with van der Waals surface area (Å²) in [7, 11) is 0. The van der Waals surface area contributed by atoms with Gasteiger partial charge in [0.25, 0.3) is 0 Å². The van der Waals surface area contributed by atoms with Gasteiger partial charge in [-0.25, -0.2) is 8.91 Å². The van der Waals surface area contributed by atoms with E-state index in [-0.39, 0.29) is 5.82 Å². The number of hydrogen-bond donors (Lipinski definition) is 0. The molecule has 5 nitrogen and oxygen atoms in total. The van der Waals surface area contributed by atoms with Gasteiger partial charge in [-0.2, -0.15) is 5.10 Å². The number of halogens is 1. The lowest BCUT2D eigenvalue weighted by atomic mass is 10.0. The lowest BCUT2D eigenvalue weighted by molar-refractivity contribution is 0.0334. The number of rotatable bonds is 4. The summed E-state index contributed by atoms with van der Waals surface area (Å²) in [5.74, 6) is -0.254. The highest BCUT2D eigenvalue weighted by molar-refractivity contribution is 5.92. The van der Waals surface area contributed by atoms with E-state index in [4.69, 9.17) is 9.84 Å². The van der Waals surface area contributed by atoms with E-state index in [2.05, 4.69) is 28.1 Å². The minimum atomic E-state index is -0.254. The van der Waals surface area contributed by atoms with Crippen LogP contribution in [0.5, 0.6) is 0 Å². The molecule has 3 aromatic heterocycles. The molecule has 0 saturated carbocycles. The van der Waals surface area contributed by atoms with Crippen molar-refractivity contribution < 1.29 is 9.13 Å². The van der Waals surface area contributed by atoms with E-state index < -0.39 is 0 Å². The van der Waals surface area contributed by atoms with Gasteiger partial charge >= 0.3 is 0 Å². The van der Waals surface area contributed by atoms with E-state index in [1.807, 2.05) is 16.6 Å². The van der Waals surface area contributed by atoms with Crippen LogP contribution in [-0.4, -0.2) is 45.8 Å². The highest BCUT2D eigenvalue weighted by Crippen LogP contribution is 2.35. The van der Waals surface area contributed by atoms with Crippen LogP contribution in [0.1, 0.15) is 5.69 Å². The second-order valence-electron chi connectivity index (χ2n) is 7.17. The molecule has 0 amide bonds. The fourth-order valence-corrected chi connectivity index (χ4v) is 3.85. The molecule has 146 valence electrons. The van der Waals surface area contributed by atoms with E-state index in [0.717, 1.165) is 66.4 Å². The van der Waals surface area contributed by atoms with Crippen LogP contribution in [-0.2, 0) is 11.3 Å². The van der Waals surface area contributed by atoms with Gasteiger partial charge in [0, 0.05) is 43.2 Å². The summed E-state index contributed by atoms with van der Waals surface area (Å²) in [6.45, 7) is 4.16. The Morgan fingerprint density at radius 2 is 1.66 bits per heavy atom. The first-order chi connectivity index (χ1) is 14.3. The number of ether oxygens (including phenoxy) is 1. The average molecular weight is 388 g/mol. The number of fused-ring (bicyclic) bond motifs is 1. The Morgan fingerprint density at radius 3 is 2.41 bits per heavy atom. The second-order valence-corrected chi connectivity index (χ2v) is 7.17. The molecular weight excluding hydrogens is 367 g/mol. The Kier molecular flexibility index (Phi) is 4.79. The largest absolute Gasteiger partial charge is 0.379 e. The number of aromatic nitrogens is 3. The first-order valence-electron chi connectivity index (χ1n) is 9.77. The second kappa shape index (κ2) is 7.73. The van der Waals surface area contributed by atoms with Crippen molar-refractivity contribution in [1.29, 1.82) is 0 Å². The zero-order valence-electron chi connectivity index (χ0n) is 16.0. The normalized spacial score (nSPS) is 15.1. The maximum atomic E-state index is 13.5. The third kappa shape index (κ3) is 3.52. The van der Waals surface area contributed by atoms with Crippen LogP contribution in [0.15, 0.2) is 67.0 Å². The van der Waals surface area contributed by atoms with Gasteiger partial charge in [-0.1, -0.05) is 6.07 Å². The molecule has 4 aromatic rings. The Morgan fingerprint density at radius 1 is 0.897 bits per heavy atom. The van der Waals surface area contributed by atoms with Crippen LogP contribution in [0, 0.1) is 5.82 Å². The van der Waals surface area contributed by atoms with Crippen molar-refractivity contribution in [3.63, 3.8) is 0 Å². The SMILES string of the molecule is Fc1ccc(-c2nn3c(CN4CCOCC4)cccc3c2-c2ccncc2)cc1. The lowest BCUT2D eigenvalue weighted by Gasteiger charge is -2.26. The maximum Gasteiger partial charge on any atom is 0.123 e. The topological polar surface area (TPSA) is 42.7 Å². The molecule has 0 N–H and O–H groups in total.